The zero-order chi connectivity index (χ0) is 21.1. The largest absolute Gasteiger partial charge is 0.345 e. The number of hydrogen-bond acceptors (Lipinski definition) is 3. The molecule has 0 saturated carbocycles. The van der Waals surface area contributed by atoms with Crippen LogP contribution in [-0.4, -0.2) is 14.3 Å². The molecule has 0 aromatic heterocycles. The number of amides is 1. The molecule has 0 heterocycles. The Bertz CT molecular complexity index is 1170. The predicted octanol–water partition coefficient (Wildman–Crippen LogP) is 4.60. The van der Waals surface area contributed by atoms with Gasteiger partial charge in [0.1, 0.15) is 0 Å². The Labute approximate surface area is 177 Å². The van der Waals surface area contributed by atoms with Crippen molar-refractivity contribution in [3.05, 3.63) is 95.1 Å². The molecule has 1 amide bonds. The normalized spacial score (nSPS) is 15.8. The lowest BCUT2D eigenvalue weighted by Gasteiger charge is -2.26. The SMILES string of the molecule is Cc1c(NS(=O)(=O)c2ccccc2)cccc1C(=O)N[C@@H]1CCCc2ccccc21. The molecule has 1 aliphatic rings. The molecule has 0 bridgehead atoms. The van der Waals surface area contributed by atoms with E-state index in [4.69, 9.17) is 0 Å². The molecule has 4 rings (SSSR count). The Balaban J connectivity index is 1.57. The molecule has 5 nitrogen and oxygen atoms in total. The quantitative estimate of drug-likeness (QED) is 0.633. The zero-order valence-corrected chi connectivity index (χ0v) is 17.6. The summed E-state index contributed by atoms with van der Waals surface area (Å²) in [6, 6.07) is 21.4. The van der Waals surface area contributed by atoms with Gasteiger partial charge in [0.05, 0.1) is 16.6 Å². The monoisotopic (exact) mass is 420 g/mol. The molecule has 1 aliphatic carbocycles. The third-order valence-corrected chi connectivity index (χ3v) is 6.93. The third kappa shape index (κ3) is 4.09. The van der Waals surface area contributed by atoms with Gasteiger partial charge in [-0.2, -0.15) is 0 Å². The van der Waals surface area contributed by atoms with Crippen LogP contribution in [0.25, 0.3) is 0 Å². The van der Waals surface area contributed by atoms with Crippen LogP contribution in [0.4, 0.5) is 5.69 Å². The maximum absolute atomic E-state index is 13.0. The summed E-state index contributed by atoms with van der Waals surface area (Å²) in [5.74, 6) is -0.199. The number of aryl methyl sites for hydroxylation is 1. The van der Waals surface area contributed by atoms with Crippen LogP contribution in [0.3, 0.4) is 0 Å². The number of nitrogens with one attached hydrogen (secondary N) is 2. The van der Waals surface area contributed by atoms with Crippen LogP contribution in [0.1, 0.15) is 45.9 Å². The molecule has 3 aromatic rings. The van der Waals surface area contributed by atoms with Crippen LogP contribution in [0, 0.1) is 6.92 Å². The minimum atomic E-state index is -3.73. The van der Waals surface area contributed by atoms with Crippen molar-refractivity contribution in [3.63, 3.8) is 0 Å². The second-order valence-corrected chi connectivity index (χ2v) is 9.20. The summed E-state index contributed by atoms with van der Waals surface area (Å²) >= 11 is 0. The molecule has 6 heteroatoms. The Morgan fingerprint density at radius 3 is 2.47 bits per heavy atom. The van der Waals surface area contributed by atoms with Gasteiger partial charge in [0.25, 0.3) is 15.9 Å². The Morgan fingerprint density at radius 2 is 1.67 bits per heavy atom. The summed E-state index contributed by atoms with van der Waals surface area (Å²) in [7, 11) is -3.73. The Hall–Kier alpha value is -3.12. The summed E-state index contributed by atoms with van der Waals surface area (Å²) < 4.78 is 28.0. The van der Waals surface area contributed by atoms with E-state index in [1.165, 1.54) is 17.7 Å². The van der Waals surface area contributed by atoms with E-state index in [1.54, 1.807) is 43.3 Å². The predicted molar refractivity (Wildman–Crippen MR) is 118 cm³/mol. The highest BCUT2D eigenvalue weighted by atomic mass is 32.2. The molecule has 0 fully saturated rings. The number of carbonyl (C=O) groups excluding carboxylic acids is 1. The lowest BCUT2D eigenvalue weighted by atomic mass is 9.87. The van der Waals surface area contributed by atoms with E-state index in [9.17, 15) is 13.2 Å². The molecule has 154 valence electrons. The fraction of sp³-hybridized carbons (Fsp3) is 0.208. The minimum absolute atomic E-state index is 0.0356. The molecule has 0 radical (unpaired) electrons. The first kappa shape index (κ1) is 20.2. The summed E-state index contributed by atoms with van der Waals surface area (Å²) in [6.07, 6.45) is 2.94. The lowest BCUT2D eigenvalue weighted by molar-refractivity contribution is 0.0932. The van der Waals surface area contributed by atoms with E-state index < -0.39 is 10.0 Å². The average molecular weight is 421 g/mol. The van der Waals surface area contributed by atoms with E-state index in [2.05, 4.69) is 22.2 Å². The first-order valence-corrected chi connectivity index (χ1v) is 11.5. The van der Waals surface area contributed by atoms with Gasteiger partial charge in [-0.3, -0.25) is 9.52 Å². The van der Waals surface area contributed by atoms with Crippen molar-refractivity contribution in [3.8, 4) is 0 Å². The second-order valence-electron chi connectivity index (χ2n) is 7.51. The van der Waals surface area contributed by atoms with Crippen molar-refractivity contribution in [2.24, 2.45) is 0 Å². The smallest absolute Gasteiger partial charge is 0.261 e. The molecule has 3 aromatic carbocycles. The average Bonchev–Trinajstić information content (AvgIpc) is 2.76. The van der Waals surface area contributed by atoms with Crippen LogP contribution >= 0.6 is 0 Å². The van der Waals surface area contributed by atoms with Crippen molar-refractivity contribution in [2.45, 2.75) is 37.1 Å². The van der Waals surface area contributed by atoms with Crippen molar-refractivity contribution in [2.75, 3.05) is 4.72 Å². The van der Waals surface area contributed by atoms with Crippen LogP contribution < -0.4 is 10.0 Å². The fourth-order valence-corrected chi connectivity index (χ4v) is 5.08. The van der Waals surface area contributed by atoms with E-state index >= 15 is 0 Å². The van der Waals surface area contributed by atoms with Gasteiger partial charge in [0.15, 0.2) is 0 Å². The highest BCUT2D eigenvalue weighted by Crippen LogP contribution is 2.30. The molecule has 0 aliphatic heterocycles. The molecule has 30 heavy (non-hydrogen) atoms. The number of fused-ring (bicyclic) bond motifs is 1. The molecule has 0 spiro atoms. The van der Waals surface area contributed by atoms with Gasteiger partial charge in [-0.25, -0.2) is 8.42 Å². The molecule has 0 saturated heterocycles. The van der Waals surface area contributed by atoms with Crippen LogP contribution in [0.15, 0.2) is 77.7 Å². The first-order chi connectivity index (χ1) is 14.5. The summed E-state index contributed by atoms with van der Waals surface area (Å²) in [6.45, 7) is 1.76. The minimum Gasteiger partial charge on any atom is -0.345 e. The lowest BCUT2D eigenvalue weighted by Crippen LogP contribution is -2.31. The molecular formula is C24H24N2O3S. The van der Waals surface area contributed by atoms with Gasteiger partial charge < -0.3 is 5.32 Å². The summed E-state index contributed by atoms with van der Waals surface area (Å²) in [4.78, 5) is 13.2. The van der Waals surface area contributed by atoms with Gasteiger partial charge in [0.2, 0.25) is 0 Å². The first-order valence-electron chi connectivity index (χ1n) is 10.0. The number of anilines is 1. The maximum atomic E-state index is 13.0. The summed E-state index contributed by atoms with van der Waals surface area (Å²) in [5, 5.41) is 3.14. The van der Waals surface area contributed by atoms with E-state index in [0.717, 1.165) is 24.8 Å². The van der Waals surface area contributed by atoms with Crippen molar-refractivity contribution < 1.29 is 13.2 Å². The van der Waals surface area contributed by atoms with Gasteiger partial charge >= 0.3 is 0 Å². The van der Waals surface area contributed by atoms with Crippen molar-refractivity contribution >= 4 is 21.6 Å². The van der Waals surface area contributed by atoms with Crippen LogP contribution in [-0.2, 0) is 16.4 Å². The summed E-state index contributed by atoms with van der Waals surface area (Å²) in [5.41, 5.74) is 3.89. The number of hydrogen-bond donors (Lipinski definition) is 2. The second kappa shape index (κ2) is 8.32. The van der Waals surface area contributed by atoms with Gasteiger partial charge in [0, 0.05) is 5.56 Å². The van der Waals surface area contributed by atoms with E-state index in [1.807, 2.05) is 12.1 Å². The van der Waals surface area contributed by atoms with Gasteiger partial charge in [-0.1, -0.05) is 48.5 Å². The van der Waals surface area contributed by atoms with Gasteiger partial charge in [-0.05, 0) is 67.1 Å². The highest BCUT2D eigenvalue weighted by molar-refractivity contribution is 7.92. The zero-order valence-electron chi connectivity index (χ0n) is 16.8. The van der Waals surface area contributed by atoms with E-state index in [0.29, 0.717) is 16.8 Å². The number of rotatable bonds is 5. The third-order valence-electron chi connectivity index (χ3n) is 5.55. The van der Waals surface area contributed by atoms with Crippen LogP contribution in [0.2, 0.25) is 0 Å². The Kier molecular flexibility index (Phi) is 5.59. The number of sulfonamides is 1. The Morgan fingerprint density at radius 1 is 0.933 bits per heavy atom. The maximum Gasteiger partial charge on any atom is 0.261 e. The highest BCUT2D eigenvalue weighted by Gasteiger charge is 2.23. The fourth-order valence-electron chi connectivity index (χ4n) is 3.94. The van der Waals surface area contributed by atoms with Gasteiger partial charge in [-0.15, -0.1) is 0 Å². The van der Waals surface area contributed by atoms with Crippen molar-refractivity contribution in [1.29, 1.82) is 0 Å². The molecule has 2 N–H and O–H groups in total. The molecule has 1 atom stereocenters. The topological polar surface area (TPSA) is 75.3 Å². The van der Waals surface area contributed by atoms with E-state index in [-0.39, 0.29) is 16.8 Å². The van der Waals surface area contributed by atoms with Crippen LogP contribution in [0.5, 0.6) is 0 Å². The number of carbonyl (C=O) groups is 1. The standard InChI is InChI=1S/C24H24N2O3S/c1-17-20(24(27)25-23-16-7-10-18-9-5-6-13-21(18)23)14-8-15-22(17)26-30(28,29)19-11-3-2-4-12-19/h2-6,8-9,11-15,23,26H,7,10,16H2,1H3,(H,25,27)/t23-/m1/s1. The molecular weight excluding hydrogens is 396 g/mol. The molecule has 0 unspecified atom stereocenters. The number of benzene rings is 3. The van der Waals surface area contributed by atoms with Crippen molar-refractivity contribution in [1.82, 2.24) is 5.32 Å².